The van der Waals surface area contributed by atoms with E-state index in [0.29, 0.717) is 31.2 Å². The van der Waals surface area contributed by atoms with Crippen LogP contribution in [0.15, 0.2) is 12.1 Å². The number of benzene rings is 1. The van der Waals surface area contributed by atoms with Gasteiger partial charge in [-0.1, -0.05) is 33.8 Å². The minimum absolute atomic E-state index is 0.00803. The molecule has 39 heavy (non-hydrogen) atoms. The van der Waals surface area contributed by atoms with E-state index in [4.69, 9.17) is 20.6 Å². The third kappa shape index (κ3) is 4.22. The number of halogens is 1. The molecule has 0 unspecified atom stereocenters. The second-order valence-electron chi connectivity index (χ2n) is 12.8. The topological polar surface area (TPSA) is 102 Å². The highest BCUT2D eigenvalue weighted by molar-refractivity contribution is 6.61. The number of fused-ring (bicyclic) bond motifs is 1. The van der Waals surface area contributed by atoms with Gasteiger partial charge in [-0.3, -0.25) is 4.79 Å². The average molecular weight is 540 g/mol. The third-order valence-corrected chi connectivity index (χ3v) is 10.9. The Kier molecular flexibility index (Phi) is 7.14. The van der Waals surface area contributed by atoms with E-state index in [1.807, 2.05) is 6.92 Å². The molecule has 9 heteroatoms. The van der Waals surface area contributed by atoms with Crippen LogP contribution in [0.3, 0.4) is 0 Å². The summed E-state index contributed by atoms with van der Waals surface area (Å²) in [6.45, 7) is 7.70. The minimum atomic E-state index is -1.38. The summed E-state index contributed by atoms with van der Waals surface area (Å²) in [6.07, 6.45) is 7.74. The maximum atomic E-state index is 15.0. The standard InChI is InChI=1S/C30H38BFO7/c1-6-11-28(4)14-22(39-23(34)16-37-21-8-7-19-15-38-31(36)24(19)25(21)32)29(5)17(2)9-12-30(18(3)27(28)35)13-10-20(33)26(29)30/h1,7-8,17-18,22,26-27,35-36H,9-16H2,2-5H3/t17-,18-,22+,26-,27-,28+,29-,30-/m0/s1. The van der Waals surface area contributed by atoms with Gasteiger partial charge in [-0.05, 0) is 54.6 Å². The number of hydrogen-bond donors (Lipinski definition) is 2. The van der Waals surface area contributed by atoms with Gasteiger partial charge in [0.2, 0.25) is 0 Å². The molecule has 3 aliphatic carbocycles. The number of rotatable bonds is 5. The van der Waals surface area contributed by atoms with Gasteiger partial charge in [0.05, 0.1) is 12.7 Å². The van der Waals surface area contributed by atoms with E-state index in [2.05, 4.69) is 26.7 Å². The van der Waals surface area contributed by atoms with Crippen LogP contribution in [0, 0.1) is 52.2 Å². The molecular formula is C30H38BFO7. The first kappa shape index (κ1) is 28.1. The molecule has 1 aromatic rings. The van der Waals surface area contributed by atoms with Crippen LogP contribution in [0.2, 0.25) is 0 Å². The Labute approximate surface area is 229 Å². The van der Waals surface area contributed by atoms with Crippen molar-refractivity contribution in [2.75, 3.05) is 6.61 Å². The van der Waals surface area contributed by atoms with Crippen LogP contribution in [0.4, 0.5) is 4.39 Å². The van der Waals surface area contributed by atoms with Gasteiger partial charge < -0.3 is 24.3 Å². The quantitative estimate of drug-likeness (QED) is 0.336. The van der Waals surface area contributed by atoms with Crippen molar-refractivity contribution in [3.05, 3.63) is 23.5 Å². The molecule has 4 aliphatic rings. The minimum Gasteiger partial charge on any atom is -0.479 e. The highest BCUT2D eigenvalue weighted by atomic mass is 19.1. The number of Topliss-reactive ketones (excluding diaryl/α,β-unsaturated/α-hetero) is 1. The predicted octanol–water partition coefficient (Wildman–Crippen LogP) is 3.17. The second kappa shape index (κ2) is 9.90. The van der Waals surface area contributed by atoms with Gasteiger partial charge in [-0.25, -0.2) is 9.18 Å². The predicted molar refractivity (Wildman–Crippen MR) is 142 cm³/mol. The molecule has 3 fully saturated rings. The van der Waals surface area contributed by atoms with Gasteiger partial charge in [0, 0.05) is 35.1 Å². The number of ether oxygens (including phenoxy) is 2. The summed E-state index contributed by atoms with van der Waals surface area (Å²) < 4.78 is 31.7. The monoisotopic (exact) mass is 540 g/mol. The van der Waals surface area contributed by atoms with E-state index in [1.165, 1.54) is 6.07 Å². The lowest BCUT2D eigenvalue weighted by Gasteiger charge is -2.62. The smallest absolute Gasteiger partial charge is 0.479 e. The first-order valence-corrected chi connectivity index (χ1v) is 14.0. The van der Waals surface area contributed by atoms with E-state index >= 15 is 0 Å². The molecular weight excluding hydrogens is 502 g/mol. The van der Waals surface area contributed by atoms with Gasteiger partial charge in [0.25, 0.3) is 0 Å². The van der Waals surface area contributed by atoms with Crippen LogP contribution in [0.25, 0.3) is 0 Å². The molecule has 3 saturated carbocycles. The van der Waals surface area contributed by atoms with Crippen molar-refractivity contribution < 1.29 is 38.2 Å². The lowest BCUT2D eigenvalue weighted by Crippen LogP contribution is -2.63. The number of aliphatic hydroxyl groups is 1. The van der Waals surface area contributed by atoms with Crippen molar-refractivity contribution in [2.45, 2.75) is 85.0 Å². The van der Waals surface area contributed by atoms with Crippen molar-refractivity contribution in [2.24, 2.45) is 34.0 Å². The van der Waals surface area contributed by atoms with E-state index in [1.54, 1.807) is 6.07 Å². The van der Waals surface area contributed by atoms with Crippen molar-refractivity contribution >= 4 is 24.3 Å². The molecule has 2 N–H and O–H groups in total. The summed E-state index contributed by atoms with van der Waals surface area (Å²) in [5, 5.41) is 21.6. The summed E-state index contributed by atoms with van der Waals surface area (Å²) in [6, 6.07) is 2.99. The lowest BCUT2D eigenvalue weighted by atomic mass is 9.43. The molecule has 0 amide bonds. The first-order valence-electron chi connectivity index (χ1n) is 14.0. The zero-order chi connectivity index (χ0) is 28.3. The molecule has 0 radical (unpaired) electrons. The van der Waals surface area contributed by atoms with Crippen LogP contribution in [0.1, 0.15) is 71.8 Å². The number of carbonyl (C=O) groups is 2. The Morgan fingerprint density at radius 1 is 1.31 bits per heavy atom. The Morgan fingerprint density at radius 3 is 2.77 bits per heavy atom. The van der Waals surface area contributed by atoms with Crippen LogP contribution in [-0.4, -0.2) is 47.8 Å². The largest absolute Gasteiger partial charge is 0.494 e. The molecule has 0 saturated heterocycles. The number of esters is 1. The van der Waals surface area contributed by atoms with Gasteiger partial charge in [-0.2, -0.15) is 0 Å². The molecule has 7 nitrogen and oxygen atoms in total. The molecule has 2 bridgehead atoms. The fourth-order valence-electron chi connectivity index (χ4n) is 8.46. The number of terminal acetylenes is 1. The molecule has 0 aromatic heterocycles. The first-order chi connectivity index (χ1) is 18.4. The van der Waals surface area contributed by atoms with Crippen molar-refractivity contribution in [3.63, 3.8) is 0 Å². The summed E-state index contributed by atoms with van der Waals surface area (Å²) >= 11 is 0. The Hall–Kier alpha value is -2.41. The fraction of sp³-hybridized carbons (Fsp3) is 0.667. The van der Waals surface area contributed by atoms with Gasteiger partial charge in [0.15, 0.2) is 18.2 Å². The molecule has 1 aromatic carbocycles. The number of ketones is 1. The number of hydrogen-bond acceptors (Lipinski definition) is 7. The molecule has 5 rings (SSSR count). The number of carbonyl (C=O) groups excluding carboxylic acids is 2. The molecule has 1 heterocycles. The molecule has 1 aliphatic heterocycles. The normalized spacial score (nSPS) is 39.3. The second-order valence-corrected chi connectivity index (χ2v) is 12.8. The van der Waals surface area contributed by atoms with Crippen LogP contribution < -0.4 is 10.2 Å². The van der Waals surface area contributed by atoms with E-state index < -0.39 is 48.5 Å². The van der Waals surface area contributed by atoms with Crippen molar-refractivity contribution in [1.29, 1.82) is 0 Å². The molecule has 210 valence electrons. The van der Waals surface area contributed by atoms with E-state index in [9.17, 15) is 24.1 Å². The summed E-state index contributed by atoms with van der Waals surface area (Å²) in [5.74, 6) is 0.839. The maximum Gasteiger partial charge on any atom is 0.494 e. The third-order valence-electron chi connectivity index (χ3n) is 10.9. The summed E-state index contributed by atoms with van der Waals surface area (Å²) in [7, 11) is -1.38. The Morgan fingerprint density at radius 2 is 2.05 bits per heavy atom. The fourth-order valence-corrected chi connectivity index (χ4v) is 8.46. The van der Waals surface area contributed by atoms with Crippen LogP contribution in [0.5, 0.6) is 5.75 Å². The lowest BCUT2D eigenvalue weighted by molar-refractivity contribution is -0.212. The SMILES string of the molecule is C#CC[C@]1(C)C[C@@H](OC(=O)COc2ccc3c(c2F)B(O)OC3)[C@@]2(C)[C@@H]3C(=O)CC[C@@]3(CC[C@@H]2C)[C@@H](C)[C@@H]1O. The number of aliphatic hydroxyl groups excluding tert-OH is 1. The van der Waals surface area contributed by atoms with Gasteiger partial charge >= 0.3 is 13.1 Å². The molecule has 0 spiro atoms. The van der Waals surface area contributed by atoms with Gasteiger partial charge in [-0.15, -0.1) is 12.3 Å². The maximum absolute atomic E-state index is 15.0. The highest BCUT2D eigenvalue weighted by Gasteiger charge is 2.68. The zero-order valence-electron chi connectivity index (χ0n) is 23.2. The average Bonchev–Trinajstić information content (AvgIpc) is 3.45. The van der Waals surface area contributed by atoms with Crippen LogP contribution >= 0.6 is 0 Å². The van der Waals surface area contributed by atoms with Crippen molar-refractivity contribution in [1.82, 2.24) is 0 Å². The zero-order valence-corrected chi connectivity index (χ0v) is 23.2. The van der Waals surface area contributed by atoms with Gasteiger partial charge in [0.1, 0.15) is 11.9 Å². The Balaban J connectivity index is 1.45. The molecule has 8 atom stereocenters. The summed E-state index contributed by atoms with van der Waals surface area (Å²) in [5.41, 5.74) is -1.25. The van der Waals surface area contributed by atoms with E-state index in [-0.39, 0.29) is 46.8 Å². The van der Waals surface area contributed by atoms with Crippen LogP contribution in [-0.2, 0) is 25.6 Å². The Bertz CT molecular complexity index is 1210. The highest BCUT2D eigenvalue weighted by Crippen LogP contribution is 2.68. The summed E-state index contributed by atoms with van der Waals surface area (Å²) in [4.78, 5) is 26.8. The van der Waals surface area contributed by atoms with Crippen molar-refractivity contribution in [3.8, 4) is 18.1 Å². The van der Waals surface area contributed by atoms with E-state index in [0.717, 1.165) is 12.8 Å².